The molecule has 78 valence electrons. The average Bonchev–Trinajstić information content (AvgIpc) is 2.02. The molecule has 1 atom stereocenters. The van der Waals surface area contributed by atoms with Crippen LogP contribution in [0.2, 0.25) is 0 Å². The predicted molar refractivity (Wildman–Crippen MR) is 55.4 cm³/mol. The number of hydrogen-bond acceptors (Lipinski definition) is 2. The molecule has 1 amide bonds. The Hall–Kier alpha value is -0.570. The lowest BCUT2D eigenvalue weighted by molar-refractivity contribution is -0.119. The van der Waals surface area contributed by atoms with Crippen molar-refractivity contribution in [2.45, 2.75) is 45.1 Å². The smallest absolute Gasteiger partial charge is 0.218 e. The zero-order valence-electron chi connectivity index (χ0n) is 9.05. The van der Waals surface area contributed by atoms with Crippen LogP contribution in [0.25, 0.3) is 0 Å². The fourth-order valence-corrected chi connectivity index (χ4v) is 1.41. The summed E-state index contributed by atoms with van der Waals surface area (Å²) in [5.74, 6) is -0.199. The van der Waals surface area contributed by atoms with Crippen molar-refractivity contribution in [3.05, 3.63) is 0 Å². The highest BCUT2D eigenvalue weighted by molar-refractivity contribution is 5.74. The number of unbranched alkanes of at least 4 members (excludes halogenated alkanes) is 2. The summed E-state index contributed by atoms with van der Waals surface area (Å²) in [7, 11) is 4.00. The molecule has 0 aliphatic carbocycles. The number of carbonyl (C=O) groups is 1. The van der Waals surface area contributed by atoms with Crippen LogP contribution < -0.4 is 5.73 Å². The third-order valence-electron chi connectivity index (χ3n) is 2.31. The van der Waals surface area contributed by atoms with Crippen LogP contribution in [0, 0.1) is 0 Å². The summed E-state index contributed by atoms with van der Waals surface area (Å²) in [6, 6.07) is 0.323. The van der Waals surface area contributed by atoms with Gasteiger partial charge in [0, 0.05) is 12.5 Å². The van der Waals surface area contributed by atoms with E-state index in [0.717, 1.165) is 6.42 Å². The zero-order chi connectivity index (χ0) is 10.3. The molecule has 3 heteroatoms. The Kier molecular flexibility index (Phi) is 6.59. The molecule has 0 spiro atoms. The van der Waals surface area contributed by atoms with Crippen molar-refractivity contribution in [1.82, 2.24) is 4.90 Å². The van der Waals surface area contributed by atoms with Gasteiger partial charge in [0.05, 0.1) is 0 Å². The van der Waals surface area contributed by atoms with Crippen LogP contribution >= 0.6 is 0 Å². The highest BCUT2D eigenvalue weighted by Crippen LogP contribution is 2.10. The van der Waals surface area contributed by atoms with Crippen molar-refractivity contribution in [3.8, 4) is 0 Å². The number of nitrogens with two attached hydrogens (primary N) is 1. The van der Waals surface area contributed by atoms with Gasteiger partial charge >= 0.3 is 0 Å². The predicted octanol–water partition coefficient (Wildman–Crippen LogP) is 1.37. The minimum absolute atomic E-state index is 0.199. The molecule has 0 rings (SSSR count). The van der Waals surface area contributed by atoms with E-state index < -0.39 is 0 Å². The lowest BCUT2D eigenvalue weighted by Crippen LogP contribution is -2.32. The Bertz CT molecular complexity index is 146. The van der Waals surface area contributed by atoms with Crippen LogP contribution in [0.4, 0.5) is 0 Å². The molecular formula is C10H22N2O. The van der Waals surface area contributed by atoms with Crippen LogP contribution in [0.1, 0.15) is 39.0 Å². The lowest BCUT2D eigenvalue weighted by Gasteiger charge is -2.22. The molecule has 13 heavy (non-hydrogen) atoms. The van der Waals surface area contributed by atoms with E-state index in [0.29, 0.717) is 12.5 Å². The fraction of sp³-hybridized carbons (Fsp3) is 0.900. The molecular weight excluding hydrogens is 164 g/mol. The van der Waals surface area contributed by atoms with E-state index in [2.05, 4.69) is 11.8 Å². The molecule has 0 aliphatic heterocycles. The summed E-state index contributed by atoms with van der Waals surface area (Å²) in [6.45, 7) is 2.18. The van der Waals surface area contributed by atoms with Gasteiger partial charge in [0.2, 0.25) is 5.91 Å². The molecule has 0 aromatic heterocycles. The monoisotopic (exact) mass is 186 g/mol. The highest BCUT2D eigenvalue weighted by atomic mass is 16.1. The van der Waals surface area contributed by atoms with Crippen molar-refractivity contribution in [2.24, 2.45) is 5.73 Å². The molecule has 0 radical (unpaired) electrons. The minimum Gasteiger partial charge on any atom is -0.370 e. The maximum atomic E-state index is 10.7. The van der Waals surface area contributed by atoms with Gasteiger partial charge in [0.25, 0.3) is 0 Å². The van der Waals surface area contributed by atoms with Crippen LogP contribution in [0.5, 0.6) is 0 Å². The normalized spacial score (nSPS) is 13.2. The van der Waals surface area contributed by atoms with Crippen LogP contribution in [0.15, 0.2) is 0 Å². The maximum absolute atomic E-state index is 10.7. The second-order valence-corrected chi connectivity index (χ2v) is 3.78. The van der Waals surface area contributed by atoms with Gasteiger partial charge < -0.3 is 10.6 Å². The number of amides is 1. The van der Waals surface area contributed by atoms with Gasteiger partial charge in [-0.15, -0.1) is 0 Å². The fourth-order valence-electron chi connectivity index (χ4n) is 1.41. The number of primary amides is 1. The Morgan fingerprint density at radius 2 is 2.00 bits per heavy atom. The summed E-state index contributed by atoms with van der Waals surface area (Å²) in [4.78, 5) is 12.8. The first-order valence-electron chi connectivity index (χ1n) is 5.02. The number of carbonyl (C=O) groups excluding carboxylic acids is 1. The first kappa shape index (κ1) is 12.4. The molecule has 0 aliphatic rings. The maximum Gasteiger partial charge on any atom is 0.218 e. The molecule has 0 bridgehead atoms. The van der Waals surface area contributed by atoms with Crippen LogP contribution in [-0.2, 0) is 4.79 Å². The molecule has 2 N–H and O–H groups in total. The van der Waals surface area contributed by atoms with E-state index in [9.17, 15) is 4.79 Å². The van der Waals surface area contributed by atoms with Gasteiger partial charge in [0.1, 0.15) is 0 Å². The molecule has 0 fully saturated rings. The van der Waals surface area contributed by atoms with Crippen molar-refractivity contribution in [3.63, 3.8) is 0 Å². The first-order valence-corrected chi connectivity index (χ1v) is 5.02. The van der Waals surface area contributed by atoms with Crippen molar-refractivity contribution in [2.75, 3.05) is 14.1 Å². The van der Waals surface area contributed by atoms with Gasteiger partial charge in [-0.25, -0.2) is 0 Å². The van der Waals surface area contributed by atoms with Crippen LogP contribution in [-0.4, -0.2) is 30.9 Å². The quantitative estimate of drug-likeness (QED) is 0.610. The second-order valence-electron chi connectivity index (χ2n) is 3.78. The molecule has 0 saturated carbocycles. The molecule has 0 saturated heterocycles. The Labute approximate surface area is 81.3 Å². The zero-order valence-corrected chi connectivity index (χ0v) is 9.05. The minimum atomic E-state index is -0.199. The average molecular weight is 186 g/mol. The van der Waals surface area contributed by atoms with Gasteiger partial charge in [0.15, 0.2) is 0 Å². The van der Waals surface area contributed by atoms with Crippen molar-refractivity contribution >= 4 is 5.91 Å². The lowest BCUT2D eigenvalue weighted by atomic mass is 10.0. The summed E-state index contributed by atoms with van der Waals surface area (Å²) < 4.78 is 0. The van der Waals surface area contributed by atoms with E-state index in [-0.39, 0.29) is 5.91 Å². The van der Waals surface area contributed by atoms with E-state index in [1.165, 1.54) is 19.3 Å². The van der Waals surface area contributed by atoms with Gasteiger partial charge in [-0.05, 0) is 20.5 Å². The van der Waals surface area contributed by atoms with Crippen molar-refractivity contribution in [1.29, 1.82) is 0 Å². The molecule has 0 aromatic rings. The van der Waals surface area contributed by atoms with Gasteiger partial charge in [-0.2, -0.15) is 0 Å². The molecule has 0 aromatic carbocycles. The van der Waals surface area contributed by atoms with E-state index in [1.54, 1.807) is 0 Å². The Balaban J connectivity index is 3.74. The SMILES string of the molecule is CCCCCC(CC(N)=O)N(C)C. The van der Waals surface area contributed by atoms with Crippen LogP contribution in [0.3, 0.4) is 0 Å². The molecule has 0 heterocycles. The Morgan fingerprint density at radius 1 is 1.38 bits per heavy atom. The highest BCUT2D eigenvalue weighted by Gasteiger charge is 2.13. The number of nitrogens with zero attached hydrogens (tertiary/aromatic N) is 1. The van der Waals surface area contributed by atoms with Gasteiger partial charge in [-0.3, -0.25) is 4.79 Å². The summed E-state index contributed by atoms with van der Waals surface area (Å²) in [5, 5.41) is 0. The Morgan fingerprint density at radius 3 is 2.38 bits per heavy atom. The largest absolute Gasteiger partial charge is 0.370 e. The molecule has 1 unspecified atom stereocenters. The van der Waals surface area contributed by atoms with E-state index >= 15 is 0 Å². The van der Waals surface area contributed by atoms with Crippen molar-refractivity contribution < 1.29 is 4.79 Å². The molecule has 3 nitrogen and oxygen atoms in total. The number of hydrogen-bond donors (Lipinski definition) is 1. The summed E-state index contributed by atoms with van der Waals surface area (Å²) in [6.07, 6.45) is 5.20. The summed E-state index contributed by atoms with van der Waals surface area (Å²) >= 11 is 0. The third kappa shape index (κ3) is 6.58. The van der Waals surface area contributed by atoms with Gasteiger partial charge in [-0.1, -0.05) is 26.2 Å². The van der Waals surface area contributed by atoms with E-state index in [4.69, 9.17) is 5.73 Å². The second kappa shape index (κ2) is 6.89. The van der Waals surface area contributed by atoms with E-state index in [1.807, 2.05) is 14.1 Å². The number of rotatable bonds is 7. The first-order chi connectivity index (χ1) is 6.07. The topological polar surface area (TPSA) is 46.3 Å². The third-order valence-corrected chi connectivity index (χ3v) is 2.31. The summed E-state index contributed by atoms with van der Waals surface area (Å²) in [5.41, 5.74) is 5.17. The standard InChI is InChI=1S/C10H22N2O/c1-4-5-6-7-9(12(2)3)8-10(11)13/h9H,4-8H2,1-3H3,(H2,11,13).